The second-order valence-electron chi connectivity index (χ2n) is 4.84. The van der Waals surface area contributed by atoms with Crippen LogP contribution in [0.15, 0.2) is 0 Å². The van der Waals surface area contributed by atoms with Gasteiger partial charge in [-0.05, 0) is 18.3 Å². The monoisotopic (exact) mass is 213 g/mol. The zero-order chi connectivity index (χ0) is 12.5. The van der Waals surface area contributed by atoms with Crippen LogP contribution in [-0.2, 0) is 9.59 Å². The molecule has 4 heteroatoms. The Bertz CT molecular complexity index is 292. The first-order valence-electron chi connectivity index (χ1n) is 5.91. The quantitative estimate of drug-likeness (QED) is 0.724. The first-order chi connectivity index (χ1) is 7.34. The van der Waals surface area contributed by atoms with Gasteiger partial charge in [0, 0.05) is 0 Å². The molecule has 2 N–H and O–H groups in total. The van der Waals surface area contributed by atoms with Crippen LogP contribution in [0.4, 0.5) is 0 Å². The highest BCUT2D eigenvalue weighted by Crippen LogP contribution is 2.12. The van der Waals surface area contributed by atoms with Crippen LogP contribution < -0.4 is 10.6 Å². The average molecular weight is 213 g/mol. The van der Waals surface area contributed by atoms with E-state index >= 15 is 0 Å². The third kappa shape index (κ3) is 2.94. The van der Waals surface area contributed by atoms with Gasteiger partial charge in [0.15, 0.2) is 1.41 Å². The molecule has 15 heavy (non-hydrogen) atoms. The molecule has 0 aromatic carbocycles. The van der Waals surface area contributed by atoms with Crippen LogP contribution in [0, 0.1) is 11.8 Å². The number of carbonyl (C=O) groups excluding carboxylic acids is 2. The van der Waals surface area contributed by atoms with Crippen LogP contribution in [0.1, 0.15) is 34.1 Å². The summed E-state index contributed by atoms with van der Waals surface area (Å²) in [5.74, 6) is -0.210. The van der Waals surface area contributed by atoms with E-state index in [0.717, 1.165) is 5.31 Å². The van der Waals surface area contributed by atoms with E-state index in [1.165, 1.54) is 0 Å². The highest BCUT2D eigenvalue weighted by atomic mass is 16.2. The molecule has 0 unspecified atom stereocenters. The topological polar surface area (TPSA) is 58.2 Å². The Morgan fingerprint density at radius 1 is 1.27 bits per heavy atom. The zero-order valence-corrected chi connectivity index (χ0v) is 9.78. The Kier molecular flexibility index (Phi) is 3.23. The largest absolute Gasteiger partial charge is 0.343 e. The second kappa shape index (κ2) is 4.64. The van der Waals surface area contributed by atoms with Crippen molar-refractivity contribution >= 4 is 11.8 Å². The number of hydrogen-bond acceptors (Lipinski definition) is 2. The highest BCUT2D eigenvalue weighted by Gasteiger charge is 2.35. The van der Waals surface area contributed by atoms with Crippen molar-refractivity contribution < 1.29 is 11.0 Å². The Labute approximate surface area is 92.3 Å². The van der Waals surface area contributed by atoms with Crippen LogP contribution in [0.2, 0.25) is 1.41 Å². The summed E-state index contributed by atoms with van der Waals surface area (Å²) in [4.78, 5) is 23.6. The Morgan fingerprint density at radius 2 is 1.87 bits per heavy atom. The van der Waals surface area contributed by atoms with Crippen LogP contribution in [0.25, 0.3) is 0 Å². The lowest BCUT2D eigenvalue weighted by Crippen LogP contribution is -2.63. The van der Waals surface area contributed by atoms with Crippen molar-refractivity contribution in [1.82, 2.24) is 10.6 Å². The van der Waals surface area contributed by atoms with Gasteiger partial charge < -0.3 is 10.6 Å². The van der Waals surface area contributed by atoms with Crippen LogP contribution >= 0.6 is 0 Å². The van der Waals surface area contributed by atoms with Gasteiger partial charge in [-0.2, -0.15) is 0 Å². The van der Waals surface area contributed by atoms with Gasteiger partial charge in [-0.15, -0.1) is 0 Å². The summed E-state index contributed by atoms with van der Waals surface area (Å²) in [6, 6.07) is -1.18. The highest BCUT2D eigenvalue weighted by molar-refractivity contribution is 5.97. The molecule has 1 aliphatic rings. The van der Waals surface area contributed by atoms with Crippen molar-refractivity contribution in [3.63, 3.8) is 0 Å². The minimum atomic E-state index is -0.637. The molecule has 1 fully saturated rings. The molecule has 1 rings (SSSR count). The van der Waals surface area contributed by atoms with E-state index < -0.39 is 12.1 Å². The first kappa shape index (κ1) is 10.5. The van der Waals surface area contributed by atoms with E-state index in [-0.39, 0.29) is 23.7 Å². The molecule has 4 nitrogen and oxygen atoms in total. The SMILES string of the molecule is [2H]N1C(=O)[C@H](C(C)C)NC(=O)[C@@H]1CC(C)C. The number of rotatable bonds is 3. The predicted octanol–water partition coefficient (Wildman–Crippen LogP) is 0.672. The van der Waals surface area contributed by atoms with Crippen molar-refractivity contribution in [1.29, 1.82) is 0 Å². The van der Waals surface area contributed by atoms with Crippen molar-refractivity contribution in [2.45, 2.75) is 46.2 Å². The number of amides is 2. The molecule has 0 radical (unpaired) electrons. The summed E-state index contributed by atoms with van der Waals surface area (Å²) in [5.41, 5.74) is 0. The lowest BCUT2D eigenvalue weighted by Gasteiger charge is -2.32. The van der Waals surface area contributed by atoms with Gasteiger partial charge in [0.25, 0.3) is 0 Å². The summed E-state index contributed by atoms with van der Waals surface area (Å²) in [5, 5.41) is 3.55. The van der Waals surface area contributed by atoms with Gasteiger partial charge in [-0.3, -0.25) is 9.59 Å². The molecule has 0 aromatic heterocycles. The van der Waals surface area contributed by atoms with Crippen molar-refractivity contribution in [2.75, 3.05) is 0 Å². The van der Waals surface area contributed by atoms with Gasteiger partial charge >= 0.3 is 0 Å². The lowest BCUT2D eigenvalue weighted by molar-refractivity contribution is -0.138. The molecule has 0 saturated carbocycles. The van der Waals surface area contributed by atoms with Gasteiger partial charge in [-0.25, -0.2) is 0 Å². The van der Waals surface area contributed by atoms with Crippen molar-refractivity contribution in [3.8, 4) is 0 Å². The summed E-state index contributed by atoms with van der Waals surface area (Å²) in [6.45, 7) is 7.67. The molecule has 86 valence electrons. The number of nitrogens with one attached hydrogen (secondary N) is 2. The maximum Gasteiger partial charge on any atom is 0.243 e. The molecule has 2 atom stereocenters. The average Bonchev–Trinajstić information content (AvgIpc) is 2.17. The normalized spacial score (nSPS) is 28.4. The van der Waals surface area contributed by atoms with E-state index in [1.54, 1.807) is 0 Å². The number of piperazine rings is 1. The summed E-state index contributed by atoms with van der Waals surface area (Å²) >= 11 is 0. The molecule has 0 aromatic rings. The molecule has 0 bridgehead atoms. The smallest absolute Gasteiger partial charge is 0.243 e. The van der Waals surface area contributed by atoms with E-state index in [4.69, 9.17) is 1.41 Å². The molecule has 0 spiro atoms. The number of hydrogen-bond donors (Lipinski definition) is 2. The summed E-state index contributed by atoms with van der Waals surface area (Å²) in [6.07, 6.45) is 0.534. The van der Waals surface area contributed by atoms with E-state index in [0.29, 0.717) is 6.42 Å². The predicted molar refractivity (Wildman–Crippen MR) is 58.2 cm³/mol. The Hall–Kier alpha value is -1.06. The van der Waals surface area contributed by atoms with Crippen molar-refractivity contribution in [2.24, 2.45) is 11.8 Å². The standard InChI is InChI=1S/C11H20N2O2/c1-6(2)5-8-10(14)13-9(7(3)4)11(15)12-8/h6-9H,5H2,1-4H3,(H,12,15)(H,13,14)/t8-,9-/m0/s1/i/hD. The van der Waals surface area contributed by atoms with E-state index in [2.05, 4.69) is 5.32 Å². The third-order valence-electron chi connectivity index (χ3n) is 2.51. The minimum absolute atomic E-state index is 0.0179. The van der Waals surface area contributed by atoms with Gasteiger partial charge in [-0.1, -0.05) is 27.7 Å². The van der Waals surface area contributed by atoms with Crippen LogP contribution in [-0.4, -0.2) is 23.9 Å². The van der Waals surface area contributed by atoms with E-state index in [1.807, 2.05) is 27.7 Å². The molecular formula is C11H20N2O2. The van der Waals surface area contributed by atoms with Gasteiger partial charge in [0.2, 0.25) is 11.8 Å². The molecular weight excluding hydrogens is 192 g/mol. The van der Waals surface area contributed by atoms with Crippen LogP contribution in [0.5, 0.6) is 0 Å². The van der Waals surface area contributed by atoms with Crippen LogP contribution in [0.3, 0.4) is 0 Å². The fourth-order valence-corrected chi connectivity index (χ4v) is 1.66. The maximum absolute atomic E-state index is 11.8. The van der Waals surface area contributed by atoms with Gasteiger partial charge in [0.1, 0.15) is 12.1 Å². The molecule has 2 amide bonds. The summed E-state index contributed by atoms with van der Waals surface area (Å²) in [7, 11) is 0. The third-order valence-corrected chi connectivity index (χ3v) is 2.51. The second-order valence-corrected chi connectivity index (χ2v) is 4.84. The fourth-order valence-electron chi connectivity index (χ4n) is 1.66. The maximum atomic E-state index is 11.8. The zero-order valence-electron chi connectivity index (χ0n) is 10.8. The first-order valence-corrected chi connectivity index (χ1v) is 5.47. The summed E-state index contributed by atoms with van der Waals surface area (Å²) < 4.78 is 7.71. The lowest BCUT2D eigenvalue weighted by atomic mass is 9.96. The molecule has 1 saturated heterocycles. The molecule has 1 heterocycles. The fraction of sp³-hybridized carbons (Fsp3) is 0.818. The van der Waals surface area contributed by atoms with E-state index in [9.17, 15) is 9.59 Å². The molecule has 1 aliphatic heterocycles. The van der Waals surface area contributed by atoms with Gasteiger partial charge in [0.05, 0.1) is 0 Å². The molecule has 0 aliphatic carbocycles. The Balaban J connectivity index is 2.80. The number of carbonyl (C=O) groups is 2. The van der Waals surface area contributed by atoms with Crippen molar-refractivity contribution in [3.05, 3.63) is 0 Å². The minimum Gasteiger partial charge on any atom is -0.343 e. The Morgan fingerprint density at radius 3 is 2.33 bits per heavy atom.